The van der Waals surface area contributed by atoms with E-state index in [9.17, 15) is 0 Å². The molecule has 0 fully saturated rings. The highest BCUT2D eigenvalue weighted by molar-refractivity contribution is 7.27. The minimum Gasteiger partial charge on any atom is -0.440 e. The fourth-order valence-electron chi connectivity index (χ4n) is 6.59. The lowest BCUT2D eigenvalue weighted by Gasteiger charge is -2.27. The summed E-state index contributed by atoms with van der Waals surface area (Å²) < 4.78 is 26.2. The molecule has 0 heterocycles. The molecule has 0 saturated heterocycles. The molecule has 0 aliphatic carbocycles. The van der Waals surface area contributed by atoms with Crippen LogP contribution in [0, 0.1) is 0 Å². The SMILES string of the molecule is CC(C)(C)c1ccc(OPOc2cc3ccccc3cc2-c2cc3ccccc3cc2OPOc2ccc(C(C)(C)C)cc2C(C)(C)C)c(C(C)(C)C)c1. The number of hydrogen-bond acceptors (Lipinski definition) is 4. The second kappa shape index (κ2) is 15.2. The number of benzene rings is 6. The fraction of sp³-hybridized carbons (Fsp3) is 0.333. The fourth-order valence-corrected chi connectivity index (χ4v) is 7.73. The van der Waals surface area contributed by atoms with E-state index in [1.807, 2.05) is 0 Å². The first-order chi connectivity index (χ1) is 25.3. The summed E-state index contributed by atoms with van der Waals surface area (Å²) in [6, 6.07) is 38.4. The molecule has 0 spiro atoms. The largest absolute Gasteiger partial charge is 0.440 e. The molecular formula is C48H56O4P2. The second-order valence-corrected chi connectivity index (χ2v) is 19.5. The number of rotatable bonds is 9. The Hall–Kier alpha value is -4.10. The maximum atomic E-state index is 6.62. The van der Waals surface area contributed by atoms with Crippen molar-refractivity contribution in [2.24, 2.45) is 0 Å². The van der Waals surface area contributed by atoms with Gasteiger partial charge in [-0.05, 0) is 90.7 Å². The summed E-state index contributed by atoms with van der Waals surface area (Å²) >= 11 is 0. The van der Waals surface area contributed by atoms with Crippen LogP contribution in [0.1, 0.15) is 105 Å². The summed E-state index contributed by atoms with van der Waals surface area (Å²) in [5.74, 6) is 3.14. The van der Waals surface area contributed by atoms with Crippen LogP contribution in [0.15, 0.2) is 109 Å². The summed E-state index contributed by atoms with van der Waals surface area (Å²) in [6.45, 7) is 26.8. The van der Waals surface area contributed by atoms with Gasteiger partial charge in [-0.15, -0.1) is 0 Å². The van der Waals surface area contributed by atoms with Crippen LogP contribution >= 0.6 is 18.1 Å². The van der Waals surface area contributed by atoms with Gasteiger partial charge in [0.25, 0.3) is 18.1 Å². The van der Waals surface area contributed by atoms with Crippen molar-refractivity contribution in [1.29, 1.82) is 0 Å². The van der Waals surface area contributed by atoms with E-state index in [-0.39, 0.29) is 39.7 Å². The third-order valence-corrected chi connectivity index (χ3v) is 11.1. The van der Waals surface area contributed by atoms with Crippen molar-refractivity contribution in [3.05, 3.63) is 131 Å². The van der Waals surface area contributed by atoms with Crippen molar-refractivity contribution in [2.75, 3.05) is 0 Å². The predicted octanol–water partition coefficient (Wildman–Crippen LogP) is 14.8. The standard InChI is InChI=1S/C48H56O4P2/c1-45(2,3)35-21-23-41(39(29-35)47(7,8)9)49-53-51-43-27-33-19-15-13-17-31(33)25-37(43)38-26-32-18-14-16-20-34(32)28-44(38)52-54-50-42-24-22-36(46(4,5)6)30-40(42)48(10,11)12/h13-30,53-54H,1-12H3. The highest BCUT2D eigenvalue weighted by Crippen LogP contribution is 2.46. The molecule has 0 radical (unpaired) electrons. The van der Waals surface area contributed by atoms with Crippen LogP contribution < -0.4 is 18.1 Å². The number of hydrogen-bond donors (Lipinski definition) is 0. The van der Waals surface area contributed by atoms with E-state index in [4.69, 9.17) is 18.1 Å². The van der Waals surface area contributed by atoms with Gasteiger partial charge in [0.2, 0.25) is 0 Å². The Morgan fingerprint density at radius 3 is 0.963 bits per heavy atom. The summed E-state index contributed by atoms with van der Waals surface area (Å²) in [7, 11) is -0.516. The smallest absolute Gasteiger partial charge is 0.275 e. The van der Waals surface area contributed by atoms with Crippen molar-refractivity contribution < 1.29 is 18.1 Å². The van der Waals surface area contributed by atoms with Crippen LogP contribution in [0.5, 0.6) is 23.0 Å². The molecule has 0 N–H and O–H groups in total. The minimum absolute atomic E-state index is 0.0360. The van der Waals surface area contributed by atoms with Crippen molar-refractivity contribution >= 4 is 39.6 Å². The molecule has 0 saturated carbocycles. The maximum Gasteiger partial charge on any atom is 0.275 e. The van der Waals surface area contributed by atoms with Gasteiger partial charge >= 0.3 is 0 Å². The van der Waals surface area contributed by atoms with E-state index >= 15 is 0 Å². The Morgan fingerprint density at radius 1 is 0.333 bits per heavy atom. The van der Waals surface area contributed by atoms with Gasteiger partial charge in [-0.1, -0.05) is 156 Å². The zero-order chi connectivity index (χ0) is 39.1. The quantitative estimate of drug-likeness (QED) is 0.138. The molecule has 0 aromatic heterocycles. The molecule has 2 atom stereocenters. The topological polar surface area (TPSA) is 36.9 Å². The molecule has 0 aliphatic heterocycles. The summed E-state index contributed by atoms with van der Waals surface area (Å²) in [5.41, 5.74) is 6.63. The third kappa shape index (κ3) is 9.05. The average molecular weight is 759 g/mol. The molecular weight excluding hydrogens is 702 g/mol. The highest BCUT2D eigenvalue weighted by Gasteiger charge is 2.25. The zero-order valence-electron chi connectivity index (χ0n) is 34.0. The van der Waals surface area contributed by atoms with Gasteiger partial charge < -0.3 is 18.1 Å². The summed E-state index contributed by atoms with van der Waals surface area (Å²) in [4.78, 5) is 0. The lowest BCUT2D eigenvalue weighted by atomic mass is 9.80. The van der Waals surface area contributed by atoms with E-state index < -0.39 is 0 Å². The monoisotopic (exact) mass is 758 g/mol. The molecule has 0 aliphatic rings. The van der Waals surface area contributed by atoms with Crippen LogP contribution in [0.25, 0.3) is 32.7 Å². The average Bonchev–Trinajstić information content (AvgIpc) is 3.09. The molecule has 2 unspecified atom stereocenters. The maximum absolute atomic E-state index is 6.62. The minimum atomic E-state index is -0.258. The zero-order valence-corrected chi connectivity index (χ0v) is 36.0. The van der Waals surface area contributed by atoms with E-state index in [0.717, 1.165) is 55.7 Å². The van der Waals surface area contributed by atoms with Crippen LogP contribution in [0.4, 0.5) is 0 Å². The van der Waals surface area contributed by atoms with Crippen molar-refractivity contribution in [2.45, 2.75) is 105 Å². The van der Waals surface area contributed by atoms with Gasteiger partial charge in [0.1, 0.15) is 23.0 Å². The Kier molecular flexibility index (Phi) is 11.1. The van der Waals surface area contributed by atoms with Crippen LogP contribution in [-0.2, 0) is 21.7 Å². The van der Waals surface area contributed by atoms with Gasteiger partial charge in [0.15, 0.2) is 0 Å². The summed E-state index contributed by atoms with van der Waals surface area (Å²) in [6.07, 6.45) is 0. The molecule has 6 aromatic rings. The van der Waals surface area contributed by atoms with E-state index in [2.05, 4.69) is 192 Å². The highest BCUT2D eigenvalue weighted by atomic mass is 31.1. The van der Waals surface area contributed by atoms with Crippen molar-refractivity contribution in [1.82, 2.24) is 0 Å². The van der Waals surface area contributed by atoms with Crippen molar-refractivity contribution in [3.63, 3.8) is 0 Å². The van der Waals surface area contributed by atoms with Gasteiger partial charge in [-0.2, -0.15) is 0 Å². The third-order valence-electron chi connectivity index (χ3n) is 9.90. The normalized spacial score (nSPS) is 13.0. The Bertz CT molecular complexity index is 2120. The molecule has 0 bridgehead atoms. The second-order valence-electron chi connectivity index (χ2n) is 18.4. The molecule has 4 nitrogen and oxygen atoms in total. The van der Waals surface area contributed by atoms with Gasteiger partial charge in [-0.3, -0.25) is 0 Å². The molecule has 6 rings (SSSR count). The lowest BCUT2D eigenvalue weighted by Crippen LogP contribution is -2.17. The first-order valence-corrected chi connectivity index (χ1v) is 20.5. The summed E-state index contributed by atoms with van der Waals surface area (Å²) in [5, 5.41) is 4.41. The Morgan fingerprint density at radius 2 is 0.648 bits per heavy atom. The van der Waals surface area contributed by atoms with Crippen LogP contribution in [0.3, 0.4) is 0 Å². The van der Waals surface area contributed by atoms with E-state index in [1.54, 1.807) is 0 Å². The number of fused-ring (bicyclic) bond motifs is 2. The lowest BCUT2D eigenvalue weighted by molar-refractivity contribution is 0.487. The molecule has 54 heavy (non-hydrogen) atoms. The van der Waals surface area contributed by atoms with Gasteiger partial charge in [0, 0.05) is 22.3 Å². The van der Waals surface area contributed by atoms with E-state index in [0.29, 0.717) is 0 Å². The Labute approximate surface area is 326 Å². The van der Waals surface area contributed by atoms with E-state index in [1.165, 1.54) is 22.3 Å². The molecule has 6 heteroatoms. The van der Waals surface area contributed by atoms with Gasteiger partial charge in [-0.25, -0.2) is 0 Å². The van der Waals surface area contributed by atoms with Crippen molar-refractivity contribution in [3.8, 4) is 34.1 Å². The Balaban J connectivity index is 1.36. The predicted molar refractivity (Wildman–Crippen MR) is 234 cm³/mol. The first-order valence-electron chi connectivity index (χ1n) is 18.8. The van der Waals surface area contributed by atoms with Crippen LogP contribution in [-0.4, -0.2) is 0 Å². The molecule has 6 aromatic carbocycles. The molecule has 0 amide bonds. The van der Waals surface area contributed by atoms with Gasteiger partial charge in [0.05, 0.1) is 0 Å². The first kappa shape index (κ1) is 39.6. The van der Waals surface area contributed by atoms with Crippen LogP contribution in [0.2, 0.25) is 0 Å². The molecule has 282 valence electrons.